The molecule has 2 heterocycles. The highest BCUT2D eigenvalue weighted by molar-refractivity contribution is 8.18. The van der Waals surface area contributed by atoms with Gasteiger partial charge >= 0.3 is 5.97 Å². The Labute approximate surface area is 186 Å². The minimum Gasteiger partial charge on any atom is -0.462 e. The Morgan fingerprint density at radius 2 is 2.03 bits per heavy atom. The Bertz CT molecular complexity index is 1060. The van der Waals surface area contributed by atoms with Crippen molar-refractivity contribution in [2.24, 2.45) is 0 Å². The summed E-state index contributed by atoms with van der Waals surface area (Å²) in [6.07, 6.45) is 1.66. The van der Waals surface area contributed by atoms with Gasteiger partial charge in [0.25, 0.3) is 11.1 Å². The van der Waals surface area contributed by atoms with Crippen molar-refractivity contribution in [3.8, 4) is 0 Å². The standard InChI is InChI=1S/C20H17ClN2O5S2/c1-3-28-19(26)13-8-12(4-5-14(13)21)22-17(24)10-23-18(25)16(30-20(23)27)9-15-11(2)6-7-29-15/h4-9H,3,10H2,1-2H3,(H,22,24)/b16-9+. The van der Waals surface area contributed by atoms with E-state index in [0.29, 0.717) is 5.69 Å². The van der Waals surface area contributed by atoms with Crippen LogP contribution in [0.15, 0.2) is 34.6 Å². The minimum absolute atomic E-state index is 0.108. The van der Waals surface area contributed by atoms with E-state index in [2.05, 4.69) is 5.32 Å². The van der Waals surface area contributed by atoms with Gasteiger partial charge in [-0.3, -0.25) is 19.3 Å². The van der Waals surface area contributed by atoms with E-state index in [4.69, 9.17) is 16.3 Å². The molecule has 1 aliphatic rings. The number of hydrogen-bond acceptors (Lipinski definition) is 7. The number of benzene rings is 1. The molecule has 0 unspecified atom stereocenters. The Morgan fingerprint density at radius 3 is 2.70 bits per heavy atom. The molecule has 1 aromatic carbocycles. The molecule has 2 aromatic rings. The largest absolute Gasteiger partial charge is 0.462 e. The summed E-state index contributed by atoms with van der Waals surface area (Å²) in [7, 11) is 0. The van der Waals surface area contributed by atoms with Crippen molar-refractivity contribution in [2.75, 3.05) is 18.5 Å². The molecular formula is C20H17ClN2O5S2. The summed E-state index contributed by atoms with van der Waals surface area (Å²) in [4.78, 5) is 51.2. The van der Waals surface area contributed by atoms with E-state index in [1.165, 1.54) is 29.5 Å². The summed E-state index contributed by atoms with van der Waals surface area (Å²) in [5, 5.41) is 4.14. The van der Waals surface area contributed by atoms with Crippen LogP contribution in [0.2, 0.25) is 5.02 Å². The first-order valence-corrected chi connectivity index (χ1v) is 10.9. The number of aryl methyl sites for hydroxylation is 1. The SMILES string of the molecule is CCOC(=O)c1cc(NC(=O)CN2C(=O)S/C(=C/c3sccc3C)C2=O)ccc1Cl. The first kappa shape index (κ1) is 22.1. The number of carbonyl (C=O) groups is 4. The first-order chi connectivity index (χ1) is 14.3. The number of thioether (sulfide) groups is 1. The van der Waals surface area contributed by atoms with Crippen molar-refractivity contribution in [3.05, 3.63) is 55.6 Å². The van der Waals surface area contributed by atoms with Crippen LogP contribution in [-0.4, -0.2) is 41.1 Å². The molecule has 3 rings (SSSR count). The number of anilines is 1. The van der Waals surface area contributed by atoms with Gasteiger partial charge in [0.05, 0.1) is 22.1 Å². The highest BCUT2D eigenvalue weighted by atomic mass is 35.5. The molecule has 0 atom stereocenters. The van der Waals surface area contributed by atoms with Crippen LogP contribution in [0.4, 0.5) is 10.5 Å². The van der Waals surface area contributed by atoms with E-state index >= 15 is 0 Å². The number of halogens is 1. The third-order valence-corrected chi connectivity index (χ3v) is 6.29. The fourth-order valence-corrected chi connectivity index (χ4v) is 4.55. The molecule has 0 bridgehead atoms. The maximum Gasteiger partial charge on any atom is 0.339 e. The van der Waals surface area contributed by atoms with E-state index < -0.39 is 29.6 Å². The van der Waals surface area contributed by atoms with Crippen LogP contribution in [-0.2, 0) is 14.3 Å². The molecule has 0 spiro atoms. The van der Waals surface area contributed by atoms with Crippen molar-refractivity contribution in [1.29, 1.82) is 0 Å². The number of hydrogen-bond donors (Lipinski definition) is 1. The molecule has 0 saturated carbocycles. The number of nitrogens with one attached hydrogen (secondary N) is 1. The minimum atomic E-state index is -0.612. The Hall–Kier alpha value is -2.62. The number of nitrogens with zero attached hydrogens (tertiary/aromatic N) is 1. The summed E-state index contributed by atoms with van der Waals surface area (Å²) < 4.78 is 4.93. The average molecular weight is 465 g/mol. The molecule has 1 N–H and O–H groups in total. The molecule has 3 amide bonds. The predicted octanol–water partition coefficient (Wildman–Crippen LogP) is 4.56. The van der Waals surface area contributed by atoms with E-state index in [1.807, 2.05) is 18.4 Å². The lowest BCUT2D eigenvalue weighted by Crippen LogP contribution is -2.36. The van der Waals surface area contributed by atoms with Gasteiger partial charge in [0.1, 0.15) is 6.54 Å². The molecule has 1 fully saturated rings. The molecule has 1 saturated heterocycles. The third kappa shape index (κ3) is 4.92. The second-order valence-corrected chi connectivity index (χ2v) is 8.55. The van der Waals surface area contributed by atoms with Crippen LogP contribution in [0.25, 0.3) is 6.08 Å². The lowest BCUT2D eigenvalue weighted by Gasteiger charge is -2.13. The van der Waals surface area contributed by atoms with Crippen molar-refractivity contribution in [3.63, 3.8) is 0 Å². The highest BCUT2D eigenvalue weighted by Crippen LogP contribution is 2.33. The Kier molecular flexibility index (Phi) is 6.96. The molecule has 10 heteroatoms. The molecule has 30 heavy (non-hydrogen) atoms. The molecule has 1 aliphatic heterocycles. The summed E-state index contributed by atoms with van der Waals surface area (Å²) in [5.74, 6) is -1.71. The number of amides is 3. The first-order valence-electron chi connectivity index (χ1n) is 8.86. The van der Waals surface area contributed by atoms with Gasteiger partial charge in [-0.05, 0) is 66.9 Å². The van der Waals surface area contributed by atoms with Crippen molar-refractivity contribution in [1.82, 2.24) is 4.90 Å². The molecule has 7 nitrogen and oxygen atoms in total. The smallest absolute Gasteiger partial charge is 0.339 e. The molecule has 0 aliphatic carbocycles. The Balaban J connectivity index is 1.69. The normalized spacial score (nSPS) is 15.0. The zero-order chi connectivity index (χ0) is 21.8. The van der Waals surface area contributed by atoms with Gasteiger partial charge in [-0.25, -0.2) is 4.79 Å². The van der Waals surface area contributed by atoms with E-state index in [-0.39, 0.29) is 22.1 Å². The highest BCUT2D eigenvalue weighted by Gasteiger charge is 2.36. The van der Waals surface area contributed by atoms with Gasteiger partial charge in [-0.15, -0.1) is 11.3 Å². The number of thiophene rings is 1. The quantitative estimate of drug-likeness (QED) is 0.497. The average Bonchev–Trinajstić information content (AvgIpc) is 3.21. The van der Waals surface area contributed by atoms with Crippen LogP contribution in [0.3, 0.4) is 0 Å². The zero-order valence-electron chi connectivity index (χ0n) is 16.1. The number of rotatable bonds is 6. The fraction of sp³-hybridized carbons (Fsp3) is 0.200. The Morgan fingerprint density at radius 1 is 1.27 bits per heavy atom. The van der Waals surface area contributed by atoms with E-state index in [0.717, 1.165) is 27.1 Å². The van der Waals surface area contributed by atoms with Gasteiger partial charge in [-0.2, -0.15) is 0 Å². The molecule has 156 valence electrons. The number of carbonyl (C=O) groups excluding carboxylic acids is 4. The zero-order valence-corrected chi connectivity index (χ0v) is 18.5. The van der Waals surface area contributed by atoms with Gasteiger partial charge in [0.2, 0.25) is 5.91 Å². The van der Waals surface area contributed by atoms with Gasteiger partial charge < -0.3 is 10.1 Å². The summed E-state index contributed by atoms with van der Waals surface area (Å²) in [6, 6.07) is 6.27. The maximum atomic E-state index is 12.6. The lowest BCUT2D eigenvalue weighted by atomic mass is 10.2. The van der Waals surface area contributed by atoms with Gasteiger partial charge in [0.15, 0.2) is 0 Å². The third-order valence-electron chi connectivity index (χ3n) is 4.08. The van der Waals surface area contributed by atoms with E-state index in [1.54, 1.807) is 13.0 Å². The summed E-state index contributed by atoms with van der Waals surface area (Å²) in [6.45, 7) is 3.32. The van der Waals surface area contributed by atoms with Crippen molar-refractivity contribution >= 4 is 69.5 Å². The van der Waals surface area contributed by atoms with Crippen LogP contribution in [0.1, 0.15) is 27.7 Å². The van der Waals surface area contributed by atoms with E-state index in [9.17, 15) is 19.2 Å². The lowest BCUT2D eigenvalue weighted by molar-refractivity contribution is -0.127. The summed E-state index contributed by atoms with van der Waals surface area (Å²) >= 11 is 8.27. The molecule has 1 aromatic heterocycles. The monoisotopic (exact) mass is 464 g/mol. The van der Waals surface area contributed by atoms with Crippen molar-refractivity contribution < 1.29 is 23.9 Å². The number of ether oxygens (including phenoxy) is 1. The van der Waals surface area contributed by atoms with Crippen LogP contribution in [0.5, 0.6) is 0 Å². The van der Waals surface area contributed by atoms with Gasteiger partial charge in [0, 0.05) is 10.6 Å². The van der Waals surface area contributed by atoms with Crippen molar-refractivity contribution in [2.45, 2.75) is 13.8 Å². The fourth-order valence-electron chi connectivity index (χ4n) is 2.60. The molecular weight excluding hydrogens is 448 g/mol. The molecule has 0 radical (unpaired) electrons. The summed E-state index contributed by atoms with van der Waals surface area (Å²) in [5.41, 5.74) is 1.41. The predicted molar refractivity (Wildman–Crippen MR) is 118 cm³/mol. The van der Waals surface area contributed by atoms with Gasteiger partial charge in [-0.1, -0.05) is 11.6 Å². The van der Waals surface area contributed by atoms with Crippen LogP contribution < -0.4 is 5.32 Å². The second kappa shape index (κ2) is 9.46. The van der Waals surface area contributed by atoms with Crippen LogP contribution in [0, 0.1) is 6.92 Å². The second-order valence-electron chi connectivity index (χ2n) is 6.20. The topological polar surface area (TPSA) is 92.8 Å². The number of imide groups is 1. The van der Waals surface area contributed by atoms with Crippen LogP contribution >= 0.6 is 34.7 Å². The maximum absolute atomic E-state index is 12.6. The number of esters is 1.